The standard InChI is InChI=1S/C25H31FN6OS/c1-5-7-12-28-23(6-2)31-13-10-18(11-14-31)17(3)33-25-30-32-16-22(29-24(32)34-25)20-9-8-19(27-4)15-21(20)26/h5,7-9,12,15-18,27H,1,6,10-11,13-14H2,2-4H3/b12-7-,28-23?/t17-/m0/s1. The SMILES string of the molecule is C=C/C=C\N=C(CC)N1CCC([C@H](C)Oc2nn3cc(-c4ccc(NC)cc4F)nc3s2)CC1. The zero-order valence-corrected chi connectivity index (χ0v) is 20.7. The van der Waals surface area contributed by atoms with Gasteiger partial charge in [0.05, 0.1) is 11.9 Å². The van der Waals surface area contributed by atoms with Gasteiger partial charge in [0.2, 0.25) is 4.96 Å². The van der Waals surface area contributed by atoms with Gasteiger partial charge < -0.3 is 15.0 Å². The summed E-state index contributed by atoms with van der Waals surface area (Å²) in [6.45, 7) is 9.86. The van der Waals surface area contributed by atoms with Crippen molar-refractivity contribution in [3.8, 4) is 16.5 Å². The number of hydrogen-bond acceptors (Lipinski definition) is 6. The number of allylic oxidation sites excluding steroid dienone is 2. The van der Waals surface area contributed by atoms with Crippen LogP contribution in [0.3, 0.4) is 0 Å². The molecule has 1 aromatic carbocycles. The maximum absolute atomic E-state index is 14.4. The summed E-state index contributed by atoms with van der Waals surface area (Å²) in [5, 5.41) is 8.04. The predicted molar refractivity (Wildman–Crippen MR) is 137 cm³/mol. The molecule has 0 radical (unpaired) electrons. The van der Waals surface area contributed by atoms with Crippen LogP contribution in [0.2, 0.25) is 0 Å². The maximum atomic E-state index is 14.4. The Balaban J connectivity index is 1.37. The van der Waals surface area contributed by atoms with Crippen LogP contribution in [0, 0.1) is 11.7 Å². The highest BCUT2D eigenvalue weighted by molar-refractivity contribution is 7.18. The second kappa shape index (κ2) is 10.8. The minimum Gasteiger partial charge on any atom is -0.466 e. The summed E-state index contributed by atoms with van der Waals surface area (Å²) in [5.74, 6) is 1.24. The summed E-state index contributed by atoms with van der Waals surface area (Å²) in [6, 6.07) is 5.02. The van der Waals surface area contributed by atoms with Gasteiger partial charge in [-0.05, 0) is 61.3 Å². The van der Waals surface area contributed by atoms with E-state index in [9.17, 15) is 4.39 Å². The summed E-state index contributed by atoms with van der Waals surface area (Å²) in [6.07, 6.45) is 10.2. The molecule has 0 aliphatic carbocycles. The molecule has 3 aromatic rings. The molecular formula is C25H31FN6OS. The molecule has 180 valence electrons. The van der Waals surface area contributed by atoms with Crippen molar-refractivity contribution in [2.45, 2.75) is 39.2 Å². The minimum atomic E-state index is -0.318. The van der Waals surface area contributed by atoms with Crippen LogP contribution in [0.5, 0.6) is 5.19 Å². The van der Waals surface area contributed by atoms with E-state index in [0.717, 1.165) is 43.9 Å². The molecule has 34 heavy (non-hydrogen) atoms. The van der Waals surface area contributed by atoms with E-state index in [0.29, 0.717) is 27.3 Å². The molecule has 7 nitrogen and oxygen atoms in total. The van der Waals surface area contributed by atoms with Gasteiger partial charge in [-0.25, -0.2) is 18.9 Å². The highest BCUT2D eigenvalue weighted by Crippen LogP contribution is 2.31. The Morgan fingerprint density at radius 2 is 2.21 bits per heavy atom. The fraction of sp³-hybridized carbons (Fsp3) is 0.400. The molecule has 3 heterocycles. The van der Waals surface area contributed by atoms with Crippen molar-refractivity contribution in [2.75, 3.05) is 25.5 Å². The Morgan fingerprint density at radius 1 is 1.41 bits per heavy atom. The van der Waals surface area contributed by atoms with Crippen LogP contribution in [0.1, 0.15) is 33.1 Å². The highest BCUT2D eigenvalue weighted by atomic mass is 32.1. The van der Waals surface area contributed by atoms with E-state index in [-0.39, 0.29) is 11.9 Å². The number of halogens is 1. The number of aliphatic imine (C=N–C) groups is 1. The number of rotatable bonds is 8. The summed E-state index contributed by atoms with van der Waals surface area (Å²) in [7, 11) is 1.76. The van der Waals surface area contributed by atoms with E-state index in [1.807, 2.05) is 12.1 Å². The second-order valence-electron chi connectivity index (χ2n) is 8.29. The third-order valence-corrected chi connectivity index (χ3v) is 6.99. The molecule has 4 rings (SSSR count). The summed E-state index contributed by atoms with van der Waals surface area (Å²) in [5.41, 5.74) is 1.73. The third-order valence-electron chi connectivity index (χ3n) is 6.18. The van der Waals surface area contributed by atoms with Crippen molar-refractivity contribution in [1.29, 1.82) is 0 Å². The molecule has 1 atom stereocenters. The molecule has 1 fully saturated rings. The number of fused-ring (bicyclic) bond motifs is 1. The second-order valence-corrected chi connectivity index (χ2v) is 9.21. The summed E-state index contributed by atoms with van der Waals surface area (Å²) >= 11 is 1.38. The number of anilines is 1. The maximum Gasteiger partial charge on any atom is 0.294 e. The largest absolute Gasteiger partial charge is 0.466 e. The van der Waals surface area contributed by atoms with Gasteiger partial charge in [-0.1, -0.05) is 19.6 Å². The minimum absolute atomic E-state index is 0.0479. The van der Waals surface area contributed by atoms with Gasteiger partial charge in [0, 0.05) is 44.0 Å². The lowest BCUT2D eigenvalue weighted by atomic mass is 9.92. The van der Waals surface area contributed by atoms with Gasteiger partial charge in [-0.15, -0.1) is 5.10 Å². The molecule has 1 aliphatic rings. The first-order valence-electron chi connectivity index (χ1n) is 11.6. The summed E-state index contributed by atoms with van der Waals surface area (Å²) in [4.78, 5) is 12.2. The number of ether oxygens (including phenoxy) is 1. The van der Waals surface area contributed by atoms with Crippen molar-refractivity contribution >= 4 is 27.8 Å². The van der Waals surface area contributed by atoms with Gasteiger partial charge >= 0.3 is 0 Å². The van der Waals surface area contributed by atoms with Gasteiger partial charge in [-0.2, -0.15) is 0 Å². The Bertz CT molecular complexity index is 1160. The van der Waals surface area contributed by atoms with Gasteiger partial charge in [0.15, 0.2) is 0 Å². The number of benzene rings is 1. The number of likely N-dealkylation sites (tertiary alicyclic amines) is 1. The molecule has 0 saturated carbocycles. The number of aromatic nitrogens is 3. The number of piperidine rings is 1. The van der Waals surface area contributed by atoms with E-state index in [1.54, 1.807) is 36.1 Å². The molecule has 1 aliphatic heterocycles. The van der Waals surface area contributed by atoms with Crippen LogP contribution >= 0.6 is 11.3 Å². The van der Waals surface area contributed by atoms with Crippen LogP contribution in [-0.4, -0.2) is 51.6 Å². The number of hydrogen-bond donors (Lipinski definition) is 1. The van der Waals surface area contributed by atoms with Crippen molar-refractivity contribution in [1.82, 2.24) is 19.5 Å². The number of nitrogens with zero attached hydrogens (tertiary/aromatic N) is 5. The number of amidine groups is 1. The molecule has 2 aromatic heterocycles. The van der Waals surface area contributed by atoms with Crippen molar-refractivity contribution < 1.29 is 9.13 Å². The Hall–Kier alpha value is -3.20. The van der Waals surface area contributed by atoms with Crippen molar-refractivity contribution in [3.63, 3.8) is 0 Å². The third kappa shape index (κ3) is 5.30. The van der Waals surface area contributed by atoms with E-state index in [4.69, 9.17) is 4.74 Å². The Labute approximate surface area is 203 Å². The fourth-order valence-corrected chi connectivity index (χ4v) is 5.02. The molecule has 1 saturated heterocycles. The topological polar surface area (TPSA) is 67.0 Å². The van der Waals surface area contributed by atoms with E-state index in [1.165, 1.54) is 17.4 Å². The van der Waals surface area contributed by atoms with Gasteiger partial charge in [0.1, 0.15) is 17.8 Å². The lowest BCUT2D eigenvalue weighted by Crippen LogP contribution is -2.41. The van der Waals surface area contributed by atoms with Crippen LogP contribution in [-0.2, 0) is 0 Å². The first kappa shape index (κ1) is 23.9. The normalized spacial score (nSPS) is 16.4. The van der Waals surface area contributed by atoms with E-state index >= 15 is 0 Å². The highest BCUT2D eigenvalue weighted by Gasteiger charge is 2.27. The zero-order chi connectivity index (χ0) is 24.1. The quantitative estimate of drug-likeness (QED) is 0.256. The van der Waals surface area contributed by atoms with Gasteiger partial charge in [-0.3, -0.25) is 0 Å². The van der Waals surface area contributed by atoms with Gasteiger partial charge in [0.25, 0.3) is 5.19 Å². The zero-order valence-electron chi connectivity index (χ0n) is 19.9. The molecule has 1 N–H and O–H groups in total. The van der Waals surface area contributed by atoms with E-state index in [2.05, 4.69) is 45.7 Å². The molecule has 9 heteroatoms. The smallest absolute Gasteiger partial charge is 0.294 e. The lowest BCUT2D eigenvalue weighted by molar-refractivity contribution is 0.107. The number of imidazole rings is 1. The Morgan fingerprint density at radius 3 is 2.85 bits per heavy atom. The molecule has 0 bridgehead atoms. The lowest BCUT2D eigenvalue weighted by Gasteiger charge is -2.36. The van der Waals surface area contributed by atoms with Crippen LogP contribution in [0.25, 0.3) is 16.2 Å². The van der Waals surface area contributed by atoms with Crippen molar-refractivity contribution in [2.24, 2.45) is 10.9 Å². The predicted octanol–water partition coefficient (Wildman–Crippen LogP) is 5.63. The molecule has 0 amide bonds. The molecule has 0 spiro atoms. The van der Waals surface area contributed by atoms with Crippen molar-refractivity contribution in [3.05, 3.63) is 55.1 Å². The monoisotopic (exact) mass is 482 g/mol. The molecular weight excluding hydrogens is 451 g/mol. The Kier molecular flexibility index (Phi) is 7.62. The average molecular weight is 483 g/mol. The first-order valence-corrected chi connectivity index (χ1v) is 12.4. The number of nitrogens with one attached hydrogen (secondary N) is 1. The van der Waals surface area contributed by atoms with Crippen LogP contribution in [0.15, 0.2) is 54.3 Å². The van der Waals surface area contributed by atoms with E-state index < -0.39 is 0 Å². The van der Waals surface area contributed by atoms with Crippen LogP contribution in [0.4, 0.5) is 10.1 Å². The fourth-order valence-electron chi connectivity index (χ4n) is 4.21. The first-order chi connectivity index (χ1) is 16.5. The summed E-state index contributed by atoms with van der Waals surface area (Å²) < 4.78 is 22.3. The average Bonchev–Trinajstić information content (AvgIpc) is 3.40. The van der Waals surface area contributed by atoms with Crippen LogP contribution < -0.4 is 10.1 Å². The molecule has 0 unspecified atom stereocenters.